The van der Waals surface area contributed by atoms with Gasteiger partial charge in [-0.25, -0.2) is 9.18 Å². The standard InChI is InChI=1S/C18H17FN4O3/c19-13-4-2-1-3-12(13)17(25)20-8-7-16(24)21-10-11-5-6-14-15(9-11)23-18(26)22-14/h1-6,9H,7-8,10H2,(H,20,25)(H,21,24)(H2,22,23,26). The SMILES string of the molecule is O=C(CCNC(=O)c1ccccc1F)NCc1ccc2[nH]c(=O)[nH]c2c1. The summed E-state index contributed by atoms with van der Waals surface area (Å²) in [5, 5.41) is 5.24. The number of hydrogen-bond acceptors (Lipinski definition) is 3. The Morgan fingerprint density at radius 3 is 2.58 bits per heavy atom. The number of aromatic nitrogens is 2. The number of halogens is 1. The fraction of sp³-hybridized carbons (Fsp3) is 0.167. The van der Waals surface area contributed by atoms with Crippen LogP contribution in [-0.2, 0) is 11.3 Å². The Kier molecular flexibility index (Phi) is 5.12. The second-order valence-corrected chi connectivity index (χ2v) is 5.72. The molecule has 3 aromatic rings. The predicted molar refractivity (Wildman–Crippen MR) is 94.1 cm³/mol. The number of aromatic amines is 2. The van der Waals surface area contributed by atoms with Crippen LogP contribution in [0.2, 0.25) is 0 Å². The highest BCUT2D eigenvalue weighted by atomic mass is 19.1. The van der Waals surface area contributed by atoms with Gasteiger partial charge in [-0.2, -0.15) is 0 Å². The van der Waals surface area contributed by atoms with E-state index < -0.39 is 11.7 Å². The highest BCUT2D eigenvalue weighted by Gasteiger charge is 2.10. The fourth-order valence-corrected chi connectivity index (χ4v) is 2.51. The number of hydrogen-bond donors (Lipinski definition) is 4. The molecule has 0 saturated carbocycles. The lowest BCUT2D eigenvalue weighted by molar-refractivity contribution is -0.121. The van der Waals surface area contributed by atoms with Crippen LogP contribution in [-0.4, -0.2) is 28.3 Å². The van der Waals surface area contributed by atoms with Gasteiger partial charge in [0.15, 0.2) is 0 Å². The van der Waals surface area contributed by atoms with Gasteiger partial charge in [0.2, 0.25) is 5.91 Å². The molecule has 1 heterocycles. The van der Waals surface area contributed by atoms with E-state index in [9.17, 15) is 18.8 Å². The number of amides is 2. The van der Waals surface area contributed by atoms with Crippen LogP contribution in [0.4, 0.5) is 4.39 Å². The summed E-state index contributed by atoms with van der Waals surface area (Å²) in [4.78, 5) is 40.2. The van der Waals surface area contributed by atoms with Crippen molar-refractivity contribution in [2.45, 2.75) is 13.0 Å². The van der Waals surface area contributed by atoms with Crippen LogP contribution in [0.3, 0.4) is 0 Å². The minimum Gasteiger partial charge on any atom is -0.352 e. The Bertz CT molecular complexity index is 1010. The lowest BCUT2D eigenvalue weighted by Crippen LogP contribution is -2.30. The molecule has 0 fully saturated rings. The van der Waals surface area contributed by atoms with Crippen molar-refractivity contribution < 1.29 is 14.0 Å². The Balaban J connectivity index is 1.46. The third kappa shape index (κ3) is 4.15. The van der Waals surface area contributed by atoms with Crippen molar-refractivity contribution in [3.8, 4) is 0 Å². The number of benzene rings is 2. The van der Waals surface area contributed by atoms with Crippen LogP contribution in [0.15, 0.2) is 47.3 Å². The number of carbonyl (C=O) groups excluding carboxylic acids is 2. The molecule has 0 aliphatic rings. The molecule has 0 aliphatic carbocycles. The van der Waals surface area contributed by atoms with E-state index in [1.54, 1.807) is 24.3 Å². The van der Waals surface area contributed by atoms with E-state index in [2.05, 4.69) is 20.6 Å². The average Bonchev–Trinajstić information content (AvgIpc) is 2.99. The first-order valence-corrected chi connectivity index (χ1v) is 8.03. The maximum Gasteiger partial charge on any atom is 0.323 e. The molecule has 1 aromatic heterocycles. The number of rotatable bonds is 6. The van der Waals surface area contributed by atoms with Gasteiger partial charge in [-0.3, -0.25) is 9.59 Å². The van der Waals surface area contributed by atoms with Crippen LogP contribution < -0.4 is 16.3 Å². The quantitative estimate of drug-likeness (QED) is 0.537. The molecule has 0 unspecified atom stereocenters. The summed E-state index contributed by atoms with van der Waals surface area (Å²) in [7, 11) is 0. The first kappa shape index (κ1) is 17.4. The topological polar surface area (TPSA) is 107 Å². The van der Waals surface area contributed by atoms with Crippen LogP contribution in [0.5, 0.6) is 0 Å². The minimum atomic E-state index is -0.604. The van der Waals surface area contributed by atoms with E-state index in [-0.39, 0.29) is 30.1 Å². The fourth-order valence-electron chi connectivity index (χ4n) is 2.51. The first-order valence-electron chi connectivity index (χ1n) is 8.03. The van der Waals surface area contributed by atoms with Crippen molar-refractivity contribution in [2.75, 3.05) is 6.54 Å². The molecule has 0 atom stereocenters. The van der Waals surface area contributed by atoms with E-state index in [0.717, 1.165) is 5.56 Å². The van der Waals surface area contributed by atoms with Gasteiger partial charge in [0.25, 0.3) is 5.91 Å². The first-order chi connectivity index (χ1) is 12.5. The van der Waals surface area contributed by atoms with Gasteiger partial charge in [-0.15, -0.1) is 0 Å². The number of carbonyl (C=O) groups is 2. The van der Waals surface area contributed by atoms with Crippen LogP contribution in [0, 0.1) is 5.82 Å². The van der Waals surface area contributed by atoms with Crippen LogP contribution >= 0.6 is 0 Å². The van der Waals surface area contributed by atoms with Crippen molar-refractivity contribution >= 4 is 22.8 Å². The normalized spacial score (nSPS) is 10.7. The molecular formula is C18H17FN4O3. The van der Waals surface area contributed by atoms with Crippen molar-refractivity contribution in [3.63, 3.8) is 0 Å². The number of nitrogens with one attached hydrogen (secondary N) is 4. The largest absolute Gasteiger partial charge is 0.352 e. The summed E-state index contributed by atoms with van der Waals surface area (Å²) in [6, 6.07) is 11.0. The van der Waals surface area contributed by atoms with Crippen molar-refractivity contribution in [2.24, 2.45) is 0 Å². The molecule has 0 spiro atoms. The highest BCUT2D eigenvalue weighted by molar-refractivity contribution is 5.94. The Labute approximate surface area is 147 Å². The van der Waals surface area contributed by atoms with E-state index in [1.807, 2.05) is 0 Å². The third-order valence-corrected chi connectivity index (χ3v) is 3.83. The second-order valence-electron chi connectivity index (χ2n) is 5.72. The lowest BCUT2D eigenvalue weighted by Gasteiger charge is -2.07. The molecule has 7 nitrogen and oxygen atoms in total. The van der Waals surface area contributed by atoms with Gasteiger partial charge < -0.3 is 20.6 Å². The average molecular weight is 356 g/mol. The Hall–Kier alpha value is -3.42. The van der Waals surface area contributed by atoms with Crippen molar-refractivity contribution in [3.05, 3.63) is 69.9 Å². The maximum absolute atomic E-state index is 13.5. The van der Waals surface area contributed by atoms with E-state index in [0.29, 0.717) is 17.6 Å². The predicted octanol–water partition coefficient (Wildman–Crippen LogP) is 1.43. The molecule has 4 N–H and O–H groups in total. The molecule has 26 heavy (non-hydrogen) atoms. The Morgan fingerprint density at radius 1 is 1.00 bits per heavy atom. The van der Waals surface area contributed by atoms with Gasteiger partial charge in [0.05, 0.1) is 16.6 Å². The smallest absolute Gasteiger partial charge is 0.323 e. The highest BCUT2D eigenvalue weighted by Crippen LogP contribution is 2.10. The lowest BCUT2D eigenvalue weighted by atomic mass is 10.2. The molecule has 0 aliphatic heterocycles. The van der Waals surface area contributed by atoms with Gasteiger partial charge in [0.1, 0.15) is 5.82 Å². The zero-order valence-electron chi connectivity index (χ0n) is 13.8. The Morgan fingerprint density at radius 2 is 1.77 bits per heavy atom. The number of H-pyrrole nitrogens is 2. The minimum absolute atomic E-state index is 0.0540. The number of imidazole rings is 1. The molecular weight excluding hydrogens is 339 g/mol. The molecule has 2 amide bonds. The van der Waals surface area contributed by atoms with Gasteiger partial charge in [-0.1, -0.05) is 18.2 Å². The molecule has 2 aromatic carbocycles. The summed E-state index contributed by atoms with van der Waals surface area (Å²) in [5.41, 5.74) is 1.85. The van der Waals surface area contributed by atoms with Gasteiger partial charge >= 0.3 is 5.69 Å². The maximum atomic E-state index is 13.5. The second kappa shape index (κ2) is 7.64. The summed E-state index contributed by atoms with van der Waals surface area (Å²) in [5.74, 6) is -1.41. The van der Waals surface area contributed by atoms with Crippen molar-refractivity contribution in [1.29, 1.82) is 0 Å². The van der Waals surface area contributed by atoms with Crippen LogP contribution in [0.25, 0.3) is 11.0 Å². The summed E-state index contributed by atoms with van der Waals surface area (Å²) >= 11 is 0. The molecule has 3 rings (SSSR count). The monoisotopic (exact) mass is 356 g/mol. The number of fused-ring (bicyclic) bond motifs is 1. The van der Waals surface area contributed by atoms with E-state index in [4.69, 9.17) is 0 Å². The molecule has 0 saturated heterocycles. The molecule has 8 heteroatoms. The van der Waals surface area contributed by atoms with Gasteiger partial charge in [-0.05, 0) is 29.8 Å². The van der Waals surface area contributed by atoms with E-state index >= 15 is 0 Å². The van der Waals surface area contributed by atoms with Crippen molar-refractivity contribution in [1.82, 2.24) is 20.6 Å². The summed E-state index contributed by atoms with van der Waals surface area (Å²) < 4.78 is 13.5. The molecule has 0 bridgehead atoms. The zero-order chi connectivity index (χ0) is 18.5. The third-order valence-electron chi connectivity index (χ3n) is 3.83. The molecule has 0 radical (unpaired) electrons. The van der Waals surface area contributed by atoms with E-state index in [1.165, 1.54) is 18.2 Å². The summed E-state index contributed by atoms with van der Waals surface area (Å²) in [6.07, 6.45) is 0.0728. The molecule has 134 valence electrons. The van der Waals surface area contributed by atoms with Gasteiger partial charge in [0, 0.05) is 19.5 Å². The van der Waals surface area contributed by atoms with Crippen LogP contribution in [0.1, 0.15) is 22.3 Å². The zero-order valence-corrected chi connectivity index (χ0v) is 13.8. The summed E-state index contributed by atoms with van der Waals surface area (Å²) in [6.45, 7) is 0.395.